The molecular formula is C25H36NO+. The fraction of sp³-hybridized carbons (Fsp3) is 0.480. The van der Waals surface area contributed by atoms with Crippen molar-refractivity contribution in [1.82, 2.24) is 0 Å². The molecule has 1 aromatic heterocycles. The summed E-state index contributed by atoms with van der Waals surface area (Å²) in [5, 5.41) is 9.38. The quantitative estimate of drug-likeness (QED) is 0.307. The minimum atomic E-state index is 0.308. The molecule has 2 heteroatoms. The van der Waals surface area contributed by atoms with E-state index in [4.69, 9.17) is 0 Å². The molecule has 0 spiro atoms. The van der Waals surface area contributed by atoms with E-state index in [1.807, 2.05) is 12.1 Å². The number of pyridine rings is 1. The molecule has 1 heterocycles. The van der Waals surface area contributed by atoms with E-state index in [9.17, 15) is 5.11 Å². The number of unbranched alkanes of at least 4 members (excludes halogenated alkanes) is 9. The molecule has 0 unspecified atom stereocenters. The highest BCUT2D eigenvalue weighted by molar-refractivity contribution is 5.67. The van der Waals surface area contributed by atoms with Gasteiger partial charge in [-0.05, 0) is 36.3 Å². The van der Waals surface area contributed by atoms with Gasteiger partial charge in [0.15, 0.2) is 6.20 Å². The molecule has 2 nitrogen and oxygen atoms in total. The largest absolute Gasteiger partial charge is 0.508 e. The molecule has 27 heavy (non-hydrogen) atoms. The Morgan fingerprint density at radius 2 is 1.37 bits per heavy atom. The molecule has 0 amide bonds. The summed E-state index contributed by atoms with van der Waals surface area (Å²) in [5.74, 6) is 0.308. The number of hydrogen-bond acceptors (Lipinski definition) is 1. The number of aromatic hydroxyl groups is 1. The number of phenols is 1. The first-order valence-electron chi connectivity index (χ1n) is 10.7. The third-order valence-corrected chi connectivity index (χ3v) is 5.07. The van der Waals surface area contributed by atoms with Crippen LogP contribution in [-0.4, -0.2) is 5.11 Å². The molecule has 0 bridgehead atoms. The zero-order valence-electron chi connectivity index (χ0n) is 16.9. The second-order valence-corrected chi connectivity index (χ2v) is 7.43. The molecule has 0 radical (unpaired) electrons. The first-order chi connectivity index (χ1) is 13.3. The lowest BCUT2D eigenvalue weighted by atomic mass is 10.1. The van der Waals surface area contributed by atoms with E-state index < -0.39 is 0 Å². The fourth-order valence-electron chi connectivity index (χ4n) is 3.38. The van der Waals surface area contributed by atoms with Crippen molar-refractivity contribution in [3.05, 3.63) is 59.9 Å². The van der Waals surface area contributed by atoms with E-state index in [2.05, 4.69) is 48.0 Å². The first-order valence-corrected chi connectivity index (χ1v) is 10.7. The van der Waals surface area contributed by atoms with Gasteiger partial charge in [0, 0.05) is 24.6 Å². The second kappa shape index (κ2) is 13.1. The van der Waals surface area contributed by atoms with E-state index >= 15 is 0 Å². The van der Waals surface area contributed by atoms with Crippen LogP contribution in [0.5, 0.6) is 5.75 Å². The van der Waals surface area contributed by atoms with Gasteiger partial charge in [-0.25, -0.2) is 0 Å². The van der Waals surface area contributed by atoms with Crippen LogP contribution in [0.4, 0.5) is 0 Å². The van der Waals surface area contributed by atoms with Crippen LogP contribution in [-0.2, 0) is 6.54 Å². The van der Waals surface area contributed by atoms with Crippen molar-refractivity contribution in [3.63, 3.8) is 0 Å². The van der Waals surface area contributed by atoms with Crippen molar-refractivity contribution >= 4 is 12.2 Å². The molecule has 2 aromatic rings. The SMILES string of the molecule is CCCCCCCCCCCC[n+]1ccccc1/C=C/c1ccc(O)cc1. The maximum absolute atomic E-state index is 9.38. The number of aryl methyl sites for hydroxylation is 1. The Bertz CT molecular complexity index is 660. The summed E-state index contributed by atoms with van der Waals surface area (Å²) in [4.78, 5) is 0. The minimum absolute atomic E-state index is 0.308. The predicted octanol–water partition coefficient (Wildman–Crippen LogP) is 6.77. The summed E-state index contributed by atoms with van der Waals surface area (Å²) >= 11 is 0. The Labute approximate surface area is 165 Å². The van der Waals surface area contributed by atoms with E-state index in [0.717, 1.165) is 12.1 Å². The maximum Gasteiger partial charge on any atom is 0.205 e. The highest BCUT2D eigenvalue weighted by Crippen LogP contribution is 2.13. The lowest BCUT2D eigenvalue weighted by Gasteiger charge is -2.03. The average molecular weight is 367 g/mol. The third kappa shape index (κ3) is 8.90. The summed E-state index contributed by atoms with van der Waals surface area (Å²) in [6.07, 6.45) is 20.1. The maximum atomic E-state index is 9.38. The normalized spacial score (nSPS) is 11.3. The minimum Gasteiger partial charge on any atom is -0.508 e. The first kappa shape index (κ1) is 21.2. The topological polar surface area (TPSA) is 24.1 Å². The summed E-state index contributed by atoms with van der Waals surface area (Å²) in [6, 6.07) is 13.7. The lowest BCUT2D eigenvalue weighted by molar-refractivity contribution is -0.699. The van der Waals surface area contributed by atoms with Gasteiger partial charge in [-0.2, -0.15) is 4.57 Å². The van der Waals surface area contributed by atoms with Gasteiger partial charge in [0.25, 0.3) is 0 Å². The molecule has 0 aliphatic heterocycles. The van der Waals surface area contributed by atoms with Crippen LogP contribution in [0.25, 0.3) is 12.2 Å². The number of phenolic OH excluding ortho intramolecular Hbond substituents is 1. The molecule has 0 saturated heterocycles. The van der Waals surface area contributed by atoms with E-state index in [-0.39, 0.29) is 0 Å². The van der Waals surface area contributed by atoms with E-state index in [1.165, 1.54) is 69.9 Å². The summed E-state index contributed by atoms with van der Waals surface area (Å²) < 4.78 is 2.33. The number of aromatic nitrogens is 1. The van der Waals surface area contributed by atoms with Crippen LogP contribution in [0.15, 0.2) is 48.7 Å². The van der Waals surface area contributed by atoms with Crippen LogP contribution >= 0.6 is 0 Å². The van der Waals surface area contributed by atoms with Gasteiger partial charge in [-0.1, -0.05) is 70.4 Å². The molecule has 0 aliphatic rings. The Morgan fingerprint density at radius 1 is 0.741 bits per heavy atom. The Hall–Kier alpha value is -2.09. The van der Waals surface area contributed by atoms with Gasteiger partial charge < -0.3 is 5.11 Å². The molecule has 1 N–H and O–H groups in total. The monoisotopic (exact) mass is 366 g/mol. The number of rotatable bonds is 13. The van der Waals surface area contributed by atoms with Crippen molar-refractivity contribution in [1.29, 1.82) is 0 Å². The highest BCUT2D eigenvalue weighted by Gasteiger charge is 2.06. The average Bonchev–Trinajstić information content (AvgIpc) is 2.70. The van der Waals surface area contributed by atoms with Gasteiger partial charge in [-0.3, -0.25) is 0 Å². The number of hydrogen-bond donors (Lipinski definition) is 1. The van der Waals surface area contributed by atoms with Crippen molar-refractivity contribution in [2.45, 2.75) is 77.7 Å². The molecule has 0 atom stereocenters. The van der Waals surface area contributed by atoms with Crippen LogP contribution in [0.1, 0.15) is 82.4 Å². The lowest BCUT2D eigenvalue weighted by Crippen LogP contribution is -2.36. The van der Waals surface area contributed by atoms with Gasteiger partial charge in [0.2, 0.25) is 5.69 Å². The van der Waals surface area contributed by atoms with Crippen LogP contribution in [0.3, 0.4) is 0 Å². The van der Waals surface area contributed by atoms with Crippen molar-refractivity contribution < 1.29 is 9.67 Å². The van der Waals surface area contributed by atoms with E-state index in [1.54, 1.807) is 12.1 Å². The molecular weight excluding hydrogens is 330 g/mol. The molecule has 0 aliphatic carbocycles. The summed E-state index contributed by atoms with van der Waals surface area (Å²) in [6.45, 7) is 3.35. The molecule has 0 saturated carbocycles. The van der Waals surface area contributed by atoms with E-state index in [0.29, 0.717) is 5.75 Å². The van der Waals surface area contributed by atoms with Gasteiger partial charge in [-0.15, -0.1) is 0 Å². The van der Waals surface area contributed by atoms with Crippen LogP contribution in [0, 0.1) is 0 Å². The van der Waals surface area contributed by atoms with Crippen LogP contribution in [0.2, 0.25) is 0 Å². The highest BCUT2D eigenvalue weighted by atomic mass is 16.3. The van der Waals surface area contributed by atoms with Gasteiger partial charge >= 0.3 is 0 Å². The fourth-order valence-corrected chi connectivity index (χ4v) is 3.38. The Kier molecular flexibility index (Phi) is 10.3. The molecule has 0 fully saturated rings. The summed E-state index contributed by atoms with van der Waals surface area (Å²) in [5.41, 5.74) is 2.32. The van der Waals surface area contributed by atoms with Crippen LogP contribution < -0.4 is 4.57 Å². The van der Waals surface area contributed by atoms with Crippen molar-refractivity contribution in [2.75, 3.05) is 0 Å². The zero-order chi connectivity index (χ0) is 19.2. The molecule has 2 rings (SSSR count). The zero-order valence-corrected chi connectivity index (χ0v) is 16.9. The second-order valence-electron chi connectivity index (χ2n) is 7.43. The number of benzene rings is 1. The number of nitrogens with zero attached hydrogens (tertiary/aromatic N) is 1. The summed E-state index contributed by atoms with van der Waals surface area (Å²) in [7, 11) is 0. The van der Waals surface area contributed by atoms with Crippen molar-refractivity contribution in [2.24, 2.45) is 0 Å². The Morgan fingerprint density at radius 3 is 2.04 bits per heavy atom. The van der Waals surface area contributed by atoms with Gasteiger partial charge in [0.1, 0.15) is 12.3 Å². The third-order valence-electron chi connectivity index (χ3n) is 5.07. The van der Waals surface area contributed by atoms with Crippen molar-refractivity contribution in [3.8, 4) is 5.75 Å². The smallest absolute Gasteiger partial charge is 0.205 e. The molecule has 1 aromatic carbocycles. The van der Waals surface area contributed by atoms with Gasteiger partial charge in [0.05, 0.1) is 0 Å². The molecule has 146 valence electrons. The Balaban J connectivity index is 1.69. The predicted molar refractivity (Wildman–Crippen MR) is 116 cm³/mol. The standard InChI is InChI=1S/C25H35NO/c1-2-3-4-5-6-7-8-9-10-12-21-26-22-13-11-14-24(26)18-15-23-16-19-25(27)20-17-23/h11,13-20,22H,2-10,12,21H2,1H3/p+1.